The summed E-state index contributed by atoms with van der Waals surface area (Å²) in [5, 5.41) is 10.0. The van der Waals surface area contributed by atoms with Crippen LogP contribution in [0.15, 0.2) is 30.3 Å². The van der Waals surface area contributed by atoms with Gasteiger partial charge in [0.1, 0.15) is 0 Å². The number of carbonyl (C=O) groups excluding carboxylic acids is 3. The molecule has 2 aliphatic rings. The molecular formula is C20H22N4O3. The second-order valence-corrected chi connectivity index (χ2v) is 7.54. The van der Waals surface area contributed by atoms with Gasteiger partial charge in [-0.1, -0.05) is 19.1 Å². The van der Waals surface area contributed by atoms with Gasteiger partial charge in [0.05, 0.1) is 35.2 Å². The van der Waals surface area contributed by atoms with Crippen LogP contribution in [0.5, 0.6) is 0 Å². The van der Waals surface area contributed by atoms with Crippen LogP contribution in [0.4, 0.5) is 5.69 Å². The standard InChI is InChI=1S/C20H22N4O3/c1-11-10-12(2)24(23-11)9-8-21-18(26)15-16-19(27)22-14-7-5-4-6-13(14)17(25)20(15,16)3/h4-7,10,15-16H,8-9H2,1-3H3,(H,21,26)(H,22,27)/t15-,16-,20+/m0/s1. The Kier molecular flexibility index (Phi) is 3.91. The Bertz CT molecular complexity index is 964. The summed E-state index contributed by atoms with van der Waals surface area (Å²) in [6.07, 6.45) is 0. The average Bonchev–Trinajstić information content (AvgIpc) is 3.17. The largest absolute Gasteiger partial charge is 0.354 e. The molecule has 0 radical (unpaired) electrons. The Morgan fingerprint density at radius 3 is 2.74 bits per heavy atom. The van der Waals surface area contributed by atoms with Crippen LogP contribution in [0.3, 0.4) is 0 Å². The number of hydrogen-bond donors (Lipinski definition) is 2. The number of hydrogen-bond acceptors (Lipinski definition) is 4. The van der Waals surface area contributed by atoms with Crippen LogP contribution in [0.1, 0.15) is 28.7 Å². The zero-order valence-electron chi connectivity index (χ0n) is 15.6. The van der Waals surface area contributed by atoms with Gasteiger partial charge in [-0.05, 0) is 32.0 Å². The number of benzene rings is 1. The van der Waals surface area contributed by atoms with Crippen LogP contribution >= 0.6 is 0 Å². The number of aromatic nitrogens is 2. The Morgan fingerprint density at radius 2 is 2.04 bits per heavy atom. The maximum Gasteiger partial charge on any atom is 0.229 e. The fraction of sp³-hybridized carbons (Fsp3) is 0.400. The first-order valence-corrected chi connectivity index (χ1v) is 9.07. The molecule has 1 aromatic carbocycles. The fourth-order valence-electron chi connectivity index (χ4n) is 4.23. The van der Waals surface area contributed by atoms with Crippen molar-refractivity contribution in [3.05, 3.63) is 47.3 Å². The maximum absolute atomic E-state index is 13.0. The van der Waals surface area contributed by atoms with Crippen molar-refractivity contribution >= 4 is 23.3 Å². The quantitative estimate of drug-likeness (QED) is 0.861. The molecule has 0 saturated heterocycles. The van der Waals surface area contributed by atoms with Gasteiger partial charge in [-0.25, -0.2) is 0 Å². The first-order valence-electron chi connectivity index (χ1n) is 9.07. The SMILES string of the molecule is Cc1cc(C)n(CCNC(=O)[C@@H]2[C@H]3C(=O)Nc4ccccc4C(=O)[C@]23C)n1. The molecule has 1 saturated carbocycles. The second kappa shape index (κ2) is 6.04. The number of fused-ring (bicyclic) bond motifs is 2. The number of anilines is 1. The van der Waals surface area contributed by atoms with Gasteiger partial charge in [0.2, 0.25) is 11.8 Å². The zero-order chi connectivity index (χ0) is 19.3. The van der Waals surface area contributed by atoms with Gasteiger partial charge in [0, 0.05) is 17.8 Å². The normalized spacial score (nSPS) is 25.9. The molecule has 2 aromatic rings. The van der Waals surface area contributed by atoms with Gasteiger partial charge >= 0.3 is 0 Å². The minimum atomic E-state index is -0.987. The third-order valence-corrected chi connectivity index (χ3v) is 5.73. The summed E-state index contributed by atoms with van der Waals surface area (Å²) < 4.78 is 1.83. The molecule has 2 N–H and O–H groups in total. The Labute approximate surface area is 157 Å². The van der Waals surface area contributed by atoms with E-state index in [0.29, 0.717) is 24.3 Å². The lowest BCUT2D eigenvalue weighted by Gasteiger charge is -2.13. The summed E-state index contributed by atoms with van der Waals surface area (Å²) in [5.41, 5.74) is 1.95. The van der Waals surface area contributed by atoms with Gasteiger partial charge in [-0.3, -0.25) is 19.1 Å². The molecule has 2 heterocycles. The maximum atomic E-state index is 13.0. The molecule has 27 heavy (non-hydrogen) atoms. The number of Topliss-reactive ketones (excluding diaryl/α,β-unsaturated/α-hetero) is 1. The molecule has 1 aromatic heterocycles. The summed E-state index contributed by atoms with van der Waals surface area (Å²) in [5.74, 6) is -1.95. The summed E-state index contributed by atoms with van der Waals surface area (Å²) in [4.78, 5) is 38.3. The molecule has 3 atom stereocenters. The van der Waals surface area contributed by atoms with Crippen LogP contribution in [-0.2, 0) is 16.1 Å². The van der Waals surface area contributed by atoms with E-state index in [1.807, 2.05) is 24.6 Å². The van der Waals surface area contributed by atoms with E-state index in [2.05, 4.69) is 15.7 Å². The van der Waals surface area contributed by atoms with Crippen molar-refractivity contribution in [2.24, 2.45) is 17.3 Å². The molecule has 7 nitrogen and oxygen atoms in total. The predicted molar refractivity (Wildman–Crippen MR) is 99.2 cm³/mol. The van der Waals surface area contributed by atoms with Gasteiger partial charge in [0.25, 0.3) is 0 Å². The number of amides is 2. The van der Waals surface area contributed by atoms with E-state index in [1.165, 1.54) is 0 Å². The van der Waals surface area contributed by atoms with Crippen LogP contribution in [0.25, 0.3) is 0 Å². The number of rotatable bonds is 4. The second-order valence-electron chi connectivity index (χ2n) is 7.54. The van der Waals surface area contributed by atoms with Crippen molar-refractivity contribution in [1.29, 1.82) is 0 Å². The molecular weight excluding hydrogens is 344 g/mol. The van der Waals surface area contributed by atoms with Crippen molar-refractivity contribution in [2.75, 3.05) is 11.9 Å². The number of aryl methyl sites for hydroxylation is 2. The van der Waals surface area contributed by atoms with Gasteiger partial charge in [0.15, 0.2) is 5.78 Å². The number of nitrogens with one attached hydrogen (secondary N) is 2. The van der Waals surface area contributed by atoms with E-state index in [0.717, 1.165) is 11.4 Å². The smallest absolute Gasteiger partial charge is 0.229 e. The van der Waals surface area contributed by atoms with E-state index in [4.69, 9.17) is 0 Å². The van der Waals surface area contributed by atoms with Gasteiger partial charge in [-0.15, -0.1) is 0 Å². The number of carbonyl (C=O) groups is 3. The number of nitrogens with zero attached hydrogens (tertiary/aromatic N) is 2. The van der Waals surface area contributed by atoms with Crippen LogP contribution in [0.2, 0.25) is 0 Å². The lowest BCUT2D eigenvalue weighted by atomic mass is 9.92. The molecule has 1 fully saturated rings. The lowest BCUT2D eigenvalue weighted by Crippen LogP contribution is -2.32. The predicted octanol–water partition coefficient (Wildman–Crippen LogP) is 1.70. The molecule has 140 valence electrons. The molecule has 0 bridgehead atoms. The van der Waals surface area contributed by atoms with E-state index in [1.54, 1.807) is 31.2 Å². The van der Waals surface area contributed by atoms with E-state index < -0.39 is 17.3 Å². The number of para-hydroxylation sites is 1. The van der Waals surface area contributed by atoms with Crippen molar-refractivity contribution in [3.63, 3.8) is 0 Å². The third kappa shape index (κ3) is 2.65. The highest BCUT2D eigenvalue weighted by molar-refractivity contribution is 6.19. The highest BCUT2D eigenvalue weighted by atomic mass is 16.2. The zero-order valence-corrected chi connectivity index (χ0v) is 15.6. The van der Waals surface area contributed by atoms with Gasteiger partial charge < -0.3 is 10.6 Å². The summed E-state index contributed by atoms with van der Waals surface area (Å²) in [7, 11) is 0. The van der Waals surface area contributed by atoms with Gasteiger partial charge in [-0.2, -0.15) is 5.10 Å². The van der Waals surface area contributed by atoms with Crippen LogP contribution in [-0.4, -0.2) is 33.9 Å². The van der Waals surface area contributed by atoms with E-state index >= 15 is 0 Å². The average molecular weight is 366 g/mol. The molecule has 0 unspecified atom stereocenters. The molecule has 1 aliphatic carbocycles. The summed E-state index contributed by atoms with van der Waals surface area (Å²) >= 11 is 0. The van der Waals surface area contributed by atoms with E-state index in [9.17, 15) is 14.4 Å². The fourth-order valence-corrected chi connectivity index (χ4v) is 4.23. The lowest BCUT2D eigenvalue weighted by molar-refractivity contribution is -0.125. The Hall–Kier alpha value is -2.96. The summed E-state index contributed by atoms with van der Waals surface area (Å²) in [6, 6.07) is 8.92. The van der Waals surface area contributed by atoms with Crippen molar-refractivity contribution in [3.8, 4) is 0 Å². The topological polar surface area (TPSA) is 93.1 Å². The third-order valence-electron chi connectivity index (χ3n) is 5.73. The van der Waals surface area contributed by atoms with Crippen LogP contribution < -0.4 is 10.6 Å². The number of ketones is 1. The highest BCUT2D eigenvalue weighted by Gasteiger charge is 2.73. The van der Waals surface area contributed by atoms with Crippen molar-refractivity contribution < 1.29 is 14.4 Å². The summed E-state index contributed by atoms with van der Waals surface area (Å²) in [6.45, 7) is 6.53. The molecule has 2 amide bonds. The van der Waals surface area contributed by atoms with Crippen molar-refractivity contribution in [1.82, 2.24) is 15.1 Å². The first-order chi connectivity index (χ1) is 12.8. The molecule has 1 aliphatic heterocycles. The Morgan fingerprint density at radius 1 is 1.30 bits per heavy atom. The molecule has 4 rings (SSSR count). The highest BCUT2D eigenvalue weighted by Crippen LogP contribution is 2.62. The molecule has 0 spiro atoms. The van der Waals surface area contributed by atoms with E-state index in [-0.39, 0.29) is 17.6 Å². The first kappa shape index (κ1) is 17.5. The minimum absolute atomic E-state index is 0.153. The molecule has 7 heteroatoms. The van der Waals surface area contributed by atoms with Crippen molar-refractivity contribution in [2.45, 2.75) is 27.3 Å². The monoisotopic (exact) mass is 366 g/mol. The minimum Gasteiger partial charge on any atom is -0.354 e. The van der Waals surface area contributed by atoms with Crippen LogP contribution in [0, 0.1) is 31.1 Å². The Balaban J connectivity index is 1.48.